The lowest BCUT2D eigenvalue weighted by molar-refractivity contribution is 0.0690. The van der Waals surface area contributed by atoms with Crippen molar-refractivity contribution in [3.05, 3.63) is 0 Å². The molecule has 1 aliphatic heterocycles. The van der Waals surface area contributed by atoms with E-state index in [1.807, 2.05) is 20.8 Å². The quantitative estimate of drug-likeness (QED) is 0.244. The van der Waals surface area contributed by atoms with Crippen molar-refractivity contribution in [2.24, 2.45) is 4.99 Å². The summed E-state index contributed by atoms with van der Waals surface area (Å²) in [7, 11) is -1.61. The van der Waals surface area contributed by atoms with Crippen molar-refractivity contribution in [1.82, 2.24) is 14.5 Å². The molecule has 0 saturated carbocycles. The van der Waals surface area contributed by atoms with E-state index in [2.05, 4.69) is 10.2 Å². The molecule has 1 saturated heterocycles. The Balaban J connectivity index is 2.39. The topological polar surface area (TPSA) is 92.7 Å². The number of aliphatic imine (C=N–C) groups is 1. The van der Waals surface area contributed by atoms with E-state index in [-0.39, 0.29) is 18.5 Å². The Hall–Kier alpha value is -0.940. The largest absolute Gasteiger partial charge is 0.382 e. The minimum absolute atomic E-state index is 0.0335. The van der Waals surface area contributed by atoms with E-state index in [4.69, 9.17) is 19.2 Å². The van der Waals surface area contributed by atoms with Crippen LogP contribution in [0.25, 0.3) is 0 Å². The molecule has 1 fully saturated rings. The first-order chi connectivity index (χ1) is 13.9. The first-order valence-corrected chi connectivity index (χ1v) is 12.2. The van der Waals surface area contributed by atoms with Gasteiger partial charge in [0.1, 0.15) is 0 Å². The second-order valence-corrected chi connectivity index (χ2v) is 9.26. The Morgan fingerprint density at radius 1 is 1.07 bits per heavy atom. The lowest BCUT2D eigenvalue weighted by Crippen LogP contribution is -2.54. The maximum absolute atomic E-state index is 12.5. The number of piperazine rings is 1. The third kappa shape index (κ3) is 11.1. The van der Waals surface area contributed by atoms with Gasteiger partial charge in [-0.3, -0.25) is 4.99 Å². The van der Waals surface area contributed by atoms with Gasteiger partial charge in [0.2, 0.25) is 10.0 Å². The van der Waals surface area contributed by atoms with Crippen LogP contribution in [0.2, 0.25) is 0 Å². The summed E-state index contributed by atoms with van der Waals surface area (Å²) in [5.41, 5.74) is 0. The molecular weight excluding hydrogens is 396 g/mol. The summed E-state index contributed by atoms with van der Waals surface area (Å²) in [4.78, 5) is 6.82. The van der Waals surface area contributed by atoms with E-state index in [1.54, 1.807) is 11.4 Å². The average molecular weight is 437 g/mol. The van der Waals surface area contributed by atoms with E-state index in [1.165, 1.54) is 0 Å². The predicted molar refractivity (Wildman–Crippen MR) is 116 cm³/mol. The number of unbranched alkanes of at least 4 members (excludes halogenated alkanes) is 1. The molecule has 0 aliphatic carbocycles. The van der Waals surface area contributed by atoms with Crippen molar-refractivity contribution in [2.45, 2.75) is 39.7 Å². The summed E-state index contributed by atoms with van der Waals surface area (Å²) in [6.07, 6.45) is 1.95. The molecule has 0 spiro atoms. The van der Waals surface area contributed by atoms with Gasteiger partial charge in [-0.2, -0.15) is 4.31 Å². The molecule has 0 atom stereocenters. The lowest BCUT2D eigenvalue weighted by Gasteiger charge is -2.36. The van der Waals surface area contributed by atoms with Gasteiger partial charge < -0.3 is 24.4 Å². The monoisotopic (exact) mass is 436 g/mol. The van der Waals surface area contributed by atoms with Crippen LogP contribution in [0.4, 0.5) is 0 Å². The van der Waals surface area contributed by atoms with E-state index in [0.717, 1.165) is 31.9 Å². The zero-order valence-corrected chi connectivity index (χ0v) is 19.4. The van der Waals surface area contributed by atoms with Crippen molar-refractivity contribution in [2.75, 3.05) is 78.6 Å². The SMILES string of the molecule is CCNC(=NCCCCOCCOC)N1CCN(S(=O)(=O)CCOC(C)C)CC1. The third-order valence-corrected chi connectivity index (χ3v) is 6.28. The zero-order valence-electron chi connectivity index (χ0n) is 18.6. The van der Waals surface area contributed by atoms with Gasteiger partial charge in [-0.1, -0.05) is 0 Å². The summed E-state index contributed by atoms with van der Waals surface area (Å²) in [6, 6.07) is 0. The molecule has 1 heterocycles. The number of nitrogens with one attached hydrogen (secondary N) is 1. The molecular formula is C19H40N4O5S. The molecule has 0 aromatic carbocycles. The number of hydrogen-bond acceptors (Lipinski definition) is 6. The highest BCUT2D eigenvalue weighted by atomic mass is 32.2. The summed E-state index contributed by atoms with van der Waals surface area (Å²) in [6.45, 7) is 11.8. The minimum Gasteiger partial charge on any atom is -0.382 e. The van der Waals surface area contributed by atoms with Crippen LogP contribution in [0.1, 0.15) is 33.6 Å². The second-order valence-electron chi connectivity index (χ2n) is 7.17. The van der Waals surface area contributed by atoms with Crippen LogP contribution >= 0.6 is 0 Å². The molecule has 9 nitrogen and oxygen atoms in total. The molecule has 0 radical (unpaired) electrons. The van der Waals surface area contributed by atoms with Crippen LogP contribution in [-0.4, -0.2) is 108 Å². The Labute approximate surface area is 176 Å². The highest BCUT2D eigenvalue weighted by Gasteiger charge is 2.27. The van der Waals surface area contributed by atoms with Gasteiger partial charge in [0, 0.05) is 53.0 Å². The van der Waals surface area contributed by atoms with Crippen molar-refractivity contribution in [1.29, 1.82) is 0 Å². The fourth-order valence-electron chi connectivity index (χ4n) is 2.87. The van der Waals surface area contributed by atoms with Crippen LogP contribution in [0.5, 0.6) is 0 Å². The highest BCUT2D eigenvalue weighted by Crippen LogP contribution is 2.09. The summed E-state index contributed by atoms with van der Waals surface area (Å²) in [5.74, 6) is 0.888. The summed E-state index contributed by atoms with van der Waals surface area (Å²) >= 11 is 0. The lowest BCUT2D eigenvalue weighted by atomic mass is 10.3. The van der Waals surface area contributed by atoms with Gasteiger partial charge in [0.05, 0.1) is 31.7 Å². The van der Waals surface area contributed by atoms with Crippen LogP contribution in [-0.2, 0) is 24.2 Å². The van der Waals surface area contributed by atoms with Gasteiger partial charge in [-0.05, 0) is 33.6 Å². The number of nitrogens with zero attached hydrogens (tertiary/aromatic N) is 3. The summed E-state index contributed by atoms with van der Waals surface area (Å²) < 4.78 is 42.3. The Bertz CT molecular complexity index is 549. The highest BCUT2D eigenvalue weighted by molar-refractivity contribution is 7.89. The zero-order chi connectivity index (χ0) is 21.5. The number of guanidine groups is 1. The Morgan fingerprint density at radius 2 is 1.79 bits per heavy atom. The Kier molecular flexibility index (Phi) is 13.5. The van der Waals surface area contributed by atoms with Gasteiger partial charge >= 0.3 is 0 Å². The average Bonchev–Trinajstić information content (AvgIpc) is 2.69. The molecule has 0 amide bonds. The van der Waals surface area contributed by atoms with Crippen molar-refractivity contribution in [3.63, 3.8) is 0 Å². The number of rotatable bonds is 14. The van der Waals surface area contributed by atoms with E-state index in [9.17, 15) is 8.42 Å². The number of ether oxygens (including phenoxy) is 3. The van der Waals surface area contributed by atoms with Crippen LogP contribution in [0.15, 0.2) is 4.99 Å². The Morgan fingerprint density at radius 3 is 2.41 bits per heavy atom. The van der Waals surface area contributed by atoms with Crippen molar-refractivity contribution < 1.29 is 22.6 Å². The van der Waals surface area contributed by atoms with Gasteiger partial charge in [0.15, 0.2) is 5.96 Å². The molecule has 1 N–H and O–H groups in total. The molecule has 172 valence electrons. The van der Waals surface area contributed by atoms with Gasteiger partial charge in [-0.15, -0.1) is 0 Å². The summed E-state index contributed by atoms with van der Waals surface area (Å²) in [5, 5.41) is 3.31. The maximum atomic E-state index is 12.5. The molecule has 10 heteroatoms. The number of sulfonamides is 1. The van der Waals surface area contributed by atoms with Crippen molar-refractivity contribution in [3.8, 4) is 0 Å². The van der Waals surface area contributed by atoms with Crippen LogP contribution in [0, 0.1) is 0 Å². The smallest absolute Gasteiger partial charge is 0.216 e. The van der Waals surface area contributed by atoms with Gasteiger partial charge in [0.25, 0.3) is 0 Å². The number of methoxy groups -OCH3 is 1. The predicted octanol–water partition coefficient (Wildman–Crippen LogP) is 0.768. The first kappa shape index (κ1) is 26.1. The molecule has 0 aromatic heterocycles. The molecule has 0 unspecified atom stereocenters. The van der Waals surface area contributed by atoms with Crippen LogP contribution in [0.3, 0.4) is 0 Å². The second kappa shape index (κ2) is 15.0. The minimum atomic E-state index is -3.28. The molecule has 29 heavy (non-hydrogen) atoms. The standard InChI is InChI=1S/C19H40N4O5S/c1-5-20-19(21-8-6-7-13-27-15-14-26-4)22-9-11-23(12-10-22)29(24,25)17-16-28-18(2)3/h18H,5-17H2,1-4H3,(H,20,21). The molecule has 0 bridgehead atoms. The first-order valence-electron chi connectivity index (χ1n) is 10.6. The van der Waals surface area contributed by atoms with E-state index in [0.29, 0.717) is 46.0 Å². The van der Waals surface area contributed by atoms with Crippen LogP contribution < -0.4 is 5.32 Å². The molecule has 1 rings (SSSR count). The fourth-order valence-corrected chi connectivity index (χ4v) is 4.15. The van der Waals surface area contributed by atoms with Crippen molar-refractivity contribution >= 4 is 16.0 Å². The maximum Gasteiger partial charge on any atom is 0.216 e. The third-order valence-electron chi connectivity index (χ3n) is 4.45. The van der Waals surface area contributed by atoms with Gasteiger partial charge in [-0.25, -0.2) is 8.42 Å². The van der Waals surface area contributed by atoms with E-state index < -0.39 is 10.0 Å². The normalized spacial score (nSPS) is 16.6. The fraction of sp³-hybridized carbons (Fsp3) is 0.947. The van der Waals surface area contributed by atoms with E-state index >= 15 is 0 Å². The number of hydrogen-bond donors (Lipinski definition) is 1. The molecule has 1 aliphatic rings. The molecule has 0 aromatic rings.